The van der Waals surface area contributed by atoms with Gasteiger partial charge in [-0.3, -0.25) is 10.1 Å². The average Bonchev–Trinajstić information content (AvgIpc) is 3.15. The summed E-state index contributed by atoms with van der Waals surface area (Å²) in [7, 11) is 1.38. The van der Waals surface area contributed by atoms with Crippen molar-refractivity contribution in [3.8, 4) is 5.75 Å². The van der Waals surface area contributed by atoms with Crippen LogP contribution in [0.15, 0.2) is 24.3 Å². The molecule has 0 bridgehead atoms. The number of hydrogen-bond acceptors (Lipinski definition) is 6. The van der Waals surface area contributed by atoms with Crippen molar-refractivity contribution in [2.45, 2.75) is 59.8 Å². The molecule has 1 aliphatic rings. The second-order valence-electron chi connectivity index (χ2n) is 9.61. The van der Waals surface area contributed by atoms with Crippen molar-refractivity contribution in [2.75, 3.05) is 19.0 Å². The van der Waals surface area contributed by atoms with Crippen LogP contribution >= 0.6 is 23.6 Å². The highest BCUT2D eigenvalue weighted by molar-refractivity contribution is 7.80. The Labute approximate surface area is 211 Å². The molecule has 0 fully saturated rings. The Kier molecular flexibility index (Phi) is 8.71. The summed E-state index contributed by atoms with van der Waals surface area (Å²) in [6, 6.07) is 7.09. The van der Waals surface area contributed by atoms with Gasteiger partial charge in [-0.1, -0.05) is 46.2 Å². The van der Waals surface area contributed by atoms with Crippen LogP contribution in [0.5, 0.6) is 5.75 Å². The van der Waals surface area contributed by atoms with Crippen LogP contribution in [-0.4, -0.2) is 30.7 Å². The van der Waals surface area contributed by atoms with Gasteiger partial charge >= 0.3 is 5.97 Å². The molecule has 1 aliphatic carbocycles. The Balaban J connectivity index is 1.77. The van der Waals surface area contributed by atoms with E-state index in [9.17, 15) is 9.59 Å². The molecule has 0 saturated carbocycles. The molecular weight excluding hydrogens is 468 g/mol. The lowest BCUT2D eigenvalue weighted by Crippen LogP contribution is -2.34. The normalized spacial score (nSPS) is 15.3. The lowest BCUT2D eigenvalue weighted by molar-refractivity contribution is 0.0600. The molecule has 2 aromatic rings. The molecule has 0 radical (unpaired) electrons. The van der Waals surface area contributed by atoms with Gasteiger partial charge in [0.15, 0.2) is 5.11 Å². The summed E-state index contributed by atoms with van der Waals surface area (Å²) in [5, 5.41) is 6.56. The zero-order chi connectivity index (χ0) is 24.9. The first-order valence-electron chi connectivity index (χ1n) is 11.7. The number of benzene rings is 1. The van der Waals surface area contributed by atoms with Gasteiger partial charge in [-0.2, -0.15) is 0 Å². The highest BCUT2D eigenvalue weighted by Gasteiger charge is 2.34. The first kappa shape index (κ1) is 26.2. The molecule has 0 saturated heterocycles. The lowest BCUT2D eigenvalue weighted by atomic mass is 9.72. The number of rotatable bonds is 7. The molecule has 0 aliphatic heterocycles. The Morgan fingerprint density at radius 1 is 1.24 bits per heavy atom. The molecule has 1 amide bonds. The number of thiophene rings is 1. The van der Waals surface area contributed by atoms with Crippen molar-refractivity contribution < 1.29 is 19.1 Å². The first-order chi connectivity index (χ1) is 16.2. The Hall–Kier alpha value is -2.45. The van der Waals surface area contributed by atoms with E-state index in [1.165, 1.54) is 23.3 Å². The van der Waals surface area contributed by atoms with Gasteiger partial charge in [-0.15, -0.1) is 11.3 Å². The maximum absolute atomic E-state index is 12.9. The number of amides is 1. The number of nitrogens with one attached hydrogen (secondary N) is 2. The summed E-state index contributed by atoms with van der Waals surface area (Å²) in [5.41, 5.74) is 2.16. The van der Waals surface area contributed by atoms with Gasteiger partial charge < -0.3 is 14.8 Å². The molecule has 0 spiro atoms. The summed E-state index contributed by atoms with van der Waals surface area (Å²) in [6.07, 6.45) is 4.67. The number of carbonyl (C=O) groups is 2. The number of anilines is 1. The van der Waals surface area contributed by atoms with E-state index in [1.807, 2.05) is 6.07 Å². The number of thiocarbonyl (C=S) groups is 1. The van der Waals surface area contributed by atoms with Crippen molar-refractivity contribution >= 4 is 45.5 Å². The molecular formula is C26H34N2O4S2. The molecule has 2 N–H and O–H groups in total. The highest BCUT2D eigenvalue weighted by atomic mass is 32.1. The topological polar surface area (TPSA) is 76.7 Å². The second kappa shape index (κ2) is 11.3. The van der Waals surface area contributed by atoms with Gasteiger partial charge in [0.05, 0.1) is 24.8 Å². The Morgan fingerprint density at radius 2 is 1.97 bits per heavy atom. The summed E-state index contributed by atoms with van der Waals surface area (Å²) in [6.45, 7) is 9.39. The zero-order valence-corrected chi connectivity index (χ0v) is 22.2. The Morgan fingerprint density at radius 3 is 2.65 bits per heavy atom. The molecule has 184 valence electrons. The van der Waals surface area contributed by atoms with E-state index in [0.717, 1.165) is 37.7 Å². The molecule has 8 heteroatoms. The number of carbonyl (C=O) groups excluding carboxylic acids is 2. The van der Waals surface area contributed by atoms with Crippen molar-refractivity contribution in [3.05, 3.63) is 45.8 Å². The number of fused-ring (bicyclic) bond motifs is 1. The van der Waals surface area contributed by atoms with Gasteiger partial charge in [0, 0.05) is 4.88 Å². The quantitative estimate of drug-likeness (QED) is 0.275. The van der Waals surface area contributed by atoms with Crippen LogP contribution in [0.25, 0.3) is 0 Å². The second-order valence-corrected chi connectivity index (χ2v) is 11.1. The molecule has 6 nitrogen and oxygen atoms in total. The van der Waals surface area contributed by atoms with Crippen LogP contribution in [0.2, 0.25) is 0 Å². The van der Waals surface area contributed by atoms with Gasteiger partial charge in [-0.05, 0) is 66.9 Å². The van der Waals surface area contributed by atoms with Crippen LogP contribution in [-0.2, 0) is 17.6 Å². The first-order valence-corrected chi connectivity index (χ1v) is 12.9. The molecule has 1 unspecified atom stereocenters. The number of unbranched alkanes of at least 4 members (excludes halogenated alkanes) is 1. The smallest absolute Gasteiger partial charge is 0.341 e. The van der Waals surface area contributed by atoms with Crippen molar-refractivity contribution in [1.82, 2.24) is 5.32 Å². The molecule has 3 rings (SSSR count). The van der Waals surface area contributed by atoms with Gasteiger partial charge in [0.2, 0.25) is 0 Å². The van der Waals surface area contributed by atoms with Crippen LogP contribution in [0.1, 0.15) is 78.1 Å². The van der Waals surface area contributed by atoms with E-state index in [0.29, 0.717) is 34.4 Å². The van der Waals surface area contributed by atoms with Crippen molar-refractivity contribution in [2.24, 2.45) is 11.3 Å². The minimum absolute atomic E-state index is 0.129. The fourth-order valence-corrected chi connectivity index (χ4v) is 5.72. The predicted octanol–water partition coefficient (Wildman–Crippen LogP) is 5.99. The van der Waals surface area contributed by atoms with Crippen LogP contribution in [0.3, 0.4) is 0 Å². The summed E-state index contributed by atoms with van der Waals surface area (Å²) < 4.78 is 10.8. The molecule has 1 aromatic heterocycles. The van der Waals surface area contributed by atoms with E-state index in [2.05, 4.69) is 38.3 Å². The fourth-order valence-electron chi connectivity index (χ4n) is 4.14. The van der Waals surface area contributed by atoms with E-state index in [-0.39, 0.29) is 16.4 Å². The monoisotopic (exact) mass is 502 g/mol. The van der Waals surface area contributed by atoms with Gasteiger partial charge in [0.1, 0.15) is 10.8 Å². The summed E-state index contributed by atoms with van der Waals surface area (Å²) in [4.78, 5) is 26.7. The van der Waals surface area contributed by atoms with Crippen molar-refractivity contribution in [1.29, 1.82) is 0 Å². The third kappa shape index (κ3) is 6.16. The van der Waals surface area contributed by atoms with Crippen LogP contribution < -0.4 is 15.4 Å². The third-order valence-electron chi connectivity index (χ3n) is 6.22. The maximum atomic E-state index is 12.9. The van der Waals surface area contributed by atoms with Gasteiger partial charge in [0.25, 0.3) is 5.91 Å². The predicted molar refractivity (Wildman–Crippen MR) is 141 cm³/mol. The molecule has 34 heavy (non-hydrogen) atoms. The number of hydrogen-bond donors (Lipinski definition) is 2. The average molecular weight is 503 g/mol. The fraction of sp³-hybridized carbons (Fsp3) is 0.500. The lowest BCUT2D eigenvalue weighted by Gasteiger charge is -2.33. The standard InChI is InChI=1S/C26H34N2O4S2/c1-6-7-14-32-19-11-9-8-10-17(19)22(29)27-25(33)28-23-21(24(30)31-5)18-13-12-16(26(2,3)4)15-20(18)34-23/h8-11,16H,6-7,12-15H2,1-5H3,(H2,27,28,29,33). The van der Waals surface area contributed by atoms with E-state index in [1.54, 1.807) is 18.2 Å². The maximum Gasteiger partial charge on any atom is 0.341 e. The van der Waals surface area contributed by atoms with E-state index in [4.69, 9.17) is 21.7 Å². The number of esters is 1. The highest BCUT2D eigenvalue weighted by Crippen LogP contribution is 2.44. The number of para-hydroxylation sites is 1. The summed E-state index contributed by atoms with van der Waals surface area (Å²) >= 11 is 6.96. The number of methoxy groups -OCH3 is 1. The van der Waals surface area contributed by atoms with Crippen molar-refractivity contribution in [3.63, 3.8) is 0 Å². The van der Waals surface area contributed by atoms with Gasteiger partial charge in [-0.25, -0.2) is 4.79 Å². The minimum atomic E-state index is -0.391. The Bertz CT molecular complexity index is 1060. The van der Waals surface area contributed by atoms with E-state index >= 15 is 0 Å². The largest absolute Gasteiger partial charge is 0.493 e. The number of ether oxygens (including phenoxy) is 2. The minimum Gasteiger partial charge on any atom is -0.493 e. The zero-order valence-electron chi connectivity index (χ0n) is 20.6. The molecule has 1 aromatic carbocycles. The van der Waals surface area contributed by atoms with Crippen LogP contribution in [0.4, 0.5) is 5.00 Å². The third-order valence-corrected chi connectivity index (χ3v) is 7.59. The SMILES string of the molecule is CCCCOc1ccccc1C(=O)NC(=S)Nc1sc2c(c1C(=O)OC)CCC(C(C)(C)C)C2. The molecule has 1 atom stereocenters. The molecule has 1 heterocycles. The summed E-state index contributed by atoms with van der Waals surface area (Å²) in [5.74, 6) is 0.301. The van der Waals surface area contributed by atoms with Crippen LogP contribution in [0, 0.1) is 11.3 Å². The van der Waals surface area contributed by atoms with E-state index < -0.39 is 5.97 Å².